The lowest BCUT2D eigenvalue weighted by molar-refractivity contribution is -0.161. The molecular formula is C27H40N2O4. The van der Waals surface area contributed by atoms with Crippen LogP contribution in [-0.2, 0) is 9.59 Å². The van der Waals surface area contributed by atoms with Crippen LogP contribution in [0.5, 0.6) is 11.5 Å². The molecule has 1 saturated heterocycles. The van der Waals surface area contributed by atoms with Crippen LogP contribution in [-0.4, -0.2) is 53.5 Å². The lowest BCUT2D eigenvalue weighted by Crippen LogP contribution is -2.60. The third-order valence-electron chi connectivity index (χ3n) is 7.49. The zero-order chi connectivity index (χ0) is 23.4. The van der Waals surface area contributed by atoms with Gasteiger partial charge in [-0.25, -0.2) is 0 Å². The van der Waals surface area contributed by atoms with Crippen molar-refractivity contribution in [2.24, 2.45) is 0 Å². The maximum atomic E-state index is 14.0. The third kappa shape index (κ3) is 5.30. The molecule has 33 heavy (non-hydrogen) atoms. The van der Waals surface area contributed by atoms with Gasteiger partial charge in [0.1, 0.15) is 12.6 Å². The predicted octanol–water partition coefficient (Wildman–Crippen LogP) is 5.25. The Morgan fingerprint density at radius 2 is 1.45 bits per heavy atom. The number of benzene rings is 1. The quantitative estimate of drug-likeness (QED) is 0.587. The summed E-state index contributed by atoms with van der Waals surface area (Å²) in [4.78, 5) is 31.4. The average molecular weight is 457 g/mol. The summed E-state index contributed by atoms with van der Waals surface area (Å²) in [7, 11) is 1.62. The first kappa shape index (κ1) is 23.9. The van der Waals surface area contributed by atoms with Crippen LogP contribution in [0.1, 0.15) is 96.1 Å². The van der Waals surface area contributed by atoms with Gasteiger partial charge in [0, 0.05) is 12.1 Å². The summed E-state index contributed by atoms with van der Waals surface area (Å²) in [5.74, 6) is 1.44. The molecule has 0 radical (unpaired) electrons. The van der Waals surface area contributed by atoms with E-state index in [0.717, 1.165) is 56.9 Å². The molecule has 3 fully saturated rings. The van der Waals surface area contributed by atoms with Crippen LogP contribution >= 0.6 is 0 Å². The van der Waals surface area contributed by atoms with E-state index in [1.54, 1.807) is 7.11 Å². The first-order chi connectivity index (χ1) is 16.0. The second-order valence-electron chi connectivity index (χ2n) is 10.2. The number of piperazine rings is 1. The van der Waals surface area contributed by atoms with Gasteiger partial charge in [-0.3, -0.25) is 9.59 Å². The van der Waals surface area contributed by atoms with Crippen molar-refractivity contribution < 1.29 is 19.1 Å². The molecule has 0 N–H and O–H groups in total. The number of ether oxygens (including phenoxy) is 2. The van der Waals surface area contributed by atoms with E-state index >= 15 is 0 Å². The van der Waals surface area contributed by atoms with E-state index in [1.165, 1.54) is 19.3 Å². The summed E-state index contributed by atoms with van der Waals surface area (Å²) in [6.45, 7) is 4.18. The molecule has 0 spiro atoms. The molecule has 0 aromatic heterocycles. The molecule has 6 nitrogen and oxygen atoms in total. The lowest BCUT2D eigenvalue weighted by atomic mass is 9.91. The topological polar surface area (TPSA) is 59.1 Å². The number of rotatable bonds is 6. The highest BCUT2D eigenvalue weighted by Gasteiger charge is 2.45. The molecule has 1 atom stereocenters. The molecule has 6 heteroatoms. The highest BCUT2D eigenvalue weighted by Crippen LogP contribution is 2.39. The summed E-state index contributed by atoms with van der Waals surface area (Å²) in [5, 5.41) is 0. The smallest absolute Gasteiger partial charge is 0.250 e. The van der Waals surface area contributed by atoms with Gasteiger partial charge in [-0.15, -0.1) is 0 Å². The van der Waals surface area contributed by atoms with E-state index in [-0.39, 0.29) is 36.5 Å². The molecule has 1 heterocycles. The first-order valence-electron chi connectivity index (χ1n) is 13.0. The van der Waals surface area contributed by atoms with E-state index in [9.17, 15) is 9.59 Å². The van der Waals surface area contributed by atoms with Crippen molar-refractivity contribution >= 4 is 11.8 Å². The summed E-state index contributed by atoms with van der Waals surface area (Å²) in [5.41, 5.74) is 0.825. The Kier molecular flexibility index (Phi) is 7.82. The SMILES string of the molecule is COc1cc([C@@H]2C(=O)N(C3CCCC3)CC(=O)N2C2CCCCCCC2)ccc1OC(C)C. The van der Waals surface area contributed by atoms with Gasteiger partial charge in [-0.05, 0) is 57.2 Å². The van der Waals surface area contributed by atoms with E-state index in [4.69, 9.17) is 9.47 Å². The van der Waals surface area contributed by atoms with Gasteiger partial charge in [0.2, 0.25) is 5.91 Å². The van der Waals surface area contributed by atoms with Gasteiger partial charge >= 0.3 is 0 Å². The van der Waals surface area contributed by atoms with Crippen LogP contribution in [0.25, 0.3) is 0 Å². The molecule has 3 aliphatic rings. The van der Waals surface area contributed by atoms with Gasteiger partial charge in [0.15, 0.2) is 11.5 Å². The summed E-state index contributed by atoms with van der Waals surface area (Å²) in [6.07, 6.45) is 12.2. The van der Waals surface area contributed by atoms with Crippen LogP contribution in [0.2, 0.25) is 0 Å². The lowest BCUT2D eigenvalue weighted by Gasteiger charge is -2.46. The van der Waals surface area contributed by atoms with Gasteiger partial charge < -0.3 is 19.3 Å². The highest BCUT2D eigenvalue weighted by molar-refractivity contribution is 5.96. The molecule has 1 aliphatic heterocycles. The van der Waals surface area contributed by atoms with E-state index in [0.29, 0.717) is 11.5 Å². The zero-order valence-corrected chi connectivity index (χ0v) is 20.6. The molecule has 2 aliphatic carbocycles. The maximum Gasteiger partial charge on any atom is 0.250 e. The second kappa shape index (κ2) is 10.8. The van der Waals surface area contributed by atoms with Crippen molar-refractivity contribution in [2.75, 3.05) is 13.7 Å². The zero-order valence-electron chi connectivity index (χ0n) is 20.6. The molecular weight excluding hydrogens is 416 g/mol. The van der Waals surface area contributed by atoms with Crippen molar-refractivity contribution in [3.63, 3.8) is 0 Å². The van der Waals surface area contributed by atoms with Crippen LogP contribution in [0.4, 0.5) is 0 Å². The average Bonchev–Trinajstić information content (AvgIpc) is 3.30. The Morgan fingerprint density at radius 1 is 0.848 bits per heavy atom. The number of amides is 2. The van der Waals surface area contributed by atoms with Crippen LogP contribution in [0.3, 0.4) is 0 Å². The largest absolute Gasteiger partial charge is 0.493 e. The third-order valence-corrected chi connectivity index (χ3v) is 7.49. The minimum atomic E-state index is -0.585. The molecule has 2 saturated carbocycles. The minimum Gasteiger partial charge on any atom is -0.493 e. The Hall–Kier alpha value is -2.24. The Morgan fingerprint density at radius 3 is 2.09 bits per heavy atom. The normalized spacial score (nSPS) is 23.7. The van der Waals surface area contributed by atoms with Crippen molar-refractivity contribution in [2.45, 2.75) is 109 Å². The van der Waals surface area contributed by atoms with Crippen molar-refractivity contribution in [3.05, 3.63) is 23.8 Å². The summed E-state index contributed by atoms with van der Waals surface area (Å²) >= 11 is 0. The molecule has 182 valence electrons. The van der Waals surface area contributed by atoms with E-state index < -0.39 is 6.04 Å². The van der Waals surface area contributed by atoms with Gasteiger partial charge in [0.05, 0.1) is 13.2 Å². The van der Waals surface area contributed by atoms with Crippen LogP contribution in [0, 0.1) is 0 Å². The monoisotopic (exact) mass is 456 g/mol. The standard InChI is InChI=1S/C27H40N2O4/c1-19(2)33-23-16-15-20(17-24(23)32-3)26-27(31)28(21-11-9-10-12-21)18-25(30)29(26)22-13-7-5-4-6-8-14-22/h15-17,19,21-22,26H,4-14,18H2,1-3H3/t26-/m1/s1. The van der Waals surface area contributed by atoms with Crippen LogP contribution in [0.15, 0.2) is 18.2 Å². The Labute approximate surface area is 198 Å². The Balaban J connectivity index is 1.70. The molecule has 1 aromatic carbocycles. The van der Waals surface area contributed by atoms with Gasteiger partial charge in [-0.2, -0.15) is 0 Å². The van der Waals surface area contributed by atoms with Gasteiger partial charge in [0.25, 0.3) is 5.91 Å². The fraction of sp³-hybridized carbons (Fsp3) is 0.704. The molecule has 1 aromatic rings. The summed E-state index contributed by atoms with van der Waals surface area (Å²) < 4.78 is 11.5. The number of carbonyl (C=O) groups excluding carboxylic acids is 2. The second-order valence-corrected chi connectivity index (χ2v) is 10.2. The number of carbonyl (C=O) groups is 2. The maximum absolute atomic E-state index is 14.0. The molecule has 2 amide bonds. The Bertz CT molecular complexity index is 825. The summed E-state index contributed by atoms with van der Waals surface area (Å²) in [6, 6.07) is 5.46. The fourth-order valence-electron chi connectivity index (χ4n) is 5.89. The number of nitrogens with zero attached hydrogens (tertiary/aromatic N) is 2. The minimum absolute atomic E-state index is 0.0203. The van der Waals surface area contributed by atoms with Crippen molar-refractivity contribution in [1.29, 1.82) is 0 Å². The predicted molar refractivity (Wildman–Crippen MR) is 128 cm³/mol. The number of methoxy groups -OCH3 is 1. The van der Waals surface area contributed by atoms with E-state index in [1.807, 2.05) is 41.8 Å². The van der Waals surface area contributed by atoms with E-state index in [2.05, 4.69) is 0 Å². The molecule has 4 rings (SSSR count). The van der Waals surface area contributed by atoms with Crippen molar-refractivity contribution in [3.8, 4) is 11.5 Å². The highest BCUT2D eigenvalue weighted by atomic mass is 16.5. The van der Waals surface area contributed by atoms with Crippen molar-refractivity contribution in [1.82, 2.24) is 9.80 Å². The molecule has 0 unspecified atom stereocenters. The number of hydrogen-bond donors (Lipinski definition) is 0. The first-order valence-corrected chi connectivity index (χ1v) is 13.0. The fourth-order valence-corrected chi connectivity index (χ4v) is 5.89. The number of hydrogen-bond acceptors (Lipinski definition) is 4. The van der Waals surface area contributed by atoms with Crippen LogP contribution < -0.4 is 9.47 Å². The molecule has 0 bridgehead atoms. The van der Waals surface area contributed by atoms with Gasteiger partial charge in [-0.1, -0.05) is 51.0 Å².